The summed E-state index contributed by atoms with van der Waals surface area (Å²) >= 11 is 7.17. The first-order valence-electron chi connectivity index (χ1n) is 8.09. The number of carboxylic acids is 1. The fourth-order valence-corrected chi connectivity index (χ4v) is 2.35. The summed E-state index contributed by atoms with van der Waals surface area (Å²) in [4.78, 5) is 71.6. The van der Waals surface area contributed by atoms with E-state index >= 15 is 0 Å². The molecule has 164 valence electrons. The van der Waals surface area contributed by atoms with Gasteiger partial charge in [-0.3, -0.25) is 38.9 Å². The Kier molecular flexibility index (Phi) is 12.8. The Balaban J connectivity index is 5.13. The predicted molar refractivity (Wildman–Crippen MR) is 108 cm³/mol. The molecule has 0 radical (unpaired) electrons. The molecular weight excluding hydrogens is 527 g/mol. The molecule has 0 aliphatic heterocycles. The van der Waals surface area contributed by atoms with Crippen molar-refractivity contribution in [2.75, 3.05) is 11.1 Å². The Bertz CT molecular complexity index is 650. The van der Waals surface area contributed by atoms with Crippen molar-refractivity contribution in [2.45, 2.75) is 37.9 Å². The molecule has 0 aromatic carbocycles. The van der Waals surface area contributed by atoms with E-state index in [9.17, 15) is 28.8 Å². The average molecular weight is 549 g/mol. The Morgan fingerprint density at radius 2 is 1.52 bits per heavy atom. The van der Waals surface area contributed by atoms with Crippen LogP contribution in [0.4, 0.5) is 0 Å². The fourth-order valence-electron chi connectivity index (χ4n) is 1.95. The standard InChI is InChI=1S/C14H22ClIN6O7/c1-6(19-10(24)4-18-5-16)12(27)20-8(3-11(25)26)13(28)21-7(2-9(17)23)14(29)22-15/h6-8,18H,2-5H2,1H3,(H2,17,23)(H,19,24)(H,20,27)(H,21,28)(H,22,29)(H,25,26)/t6-,7+,8+/m0/s1. The third-order valence-electron chi connectivity index (χ3n) is 3.29. The van der Waals surface area contributed by atoms with E-state index in [2.05, 4.69) is 21.3 Å². The van der Waals surface area contributed by atoms with Crippen molar-refractivity contribution in [1.82, 2.24) is 26.1 Å². The van der Waals surface area contributed by atoms with E-state index in [0.29, 0.717) is 4.55 Å². The second-order valence-corrected chi connectivity index (χ2v) is 6.65. The van der Waals surface area contributed by atoms with Crippen molar-refractivity contribution in [3.05, 3.63) is 0 Å². The lowest BCUT2D eigenvalue weighted by molar-refractivity contribution is -0.141. The number of amides is 5. The number of alkyl halides is 1. The maximum absolute atomic E-state index is 12.4. The number of primary amides is 1. The first-order valence-corrected chi connectivity index (χ1v) is 9.99. The van der Waals surface area contributed by atoms with Crippen molar-refractivity contribution in [3.63, 3.8) is 0 Å². The average Bonchev–Trinajstić information content (AvgIpc) is 2.63. The quantitative estimate of drug-likeness (QED) is 0.0547. The molecule has 0 fully saturated rings. The van der Waals surface area contributed by atoms with Gasteiger partial charge in [-0.2, -0.15) is 0 Å². The Hall–Kier alpha value is -2.20. The molecule has 0 heterocycles. The molecule has 3 atom stereocenters. The Morgan fingerprint density at radius 1 is 0.966 bits per heavy atom. The normalized spacial score (nSPS) is 13.3. The van der Waals surface area contributed by atoms with Crippen LogP contribution >= 0.6 is 34.4 Å². The van der Waals surface area contributed by atoms with Crippen LogP contribution in [-0.4, -0.2) is 69.8 Å². The number of carbonyl (C=O) groups is 6. The second-order valence-electron chi connectivity index (χ2n) is 5.70. The van der Waals surface area contributed by atoms with Crippen molar-refractivity contribution in [3.8, 4) is 0 Å². The minimum Gasteiger partial charge on any atom is -0.481 e. The molecule has 0 rings (SSSR count). The molecule has 29 heavy (non-hydrogen) atoms. The maximum atomic E-state index is 12.4. The summed E-state index contributed by atoms with van der Waals surface area (Å²) in [5.41, 5.74) is 5.00. The number of carbonyl (C=O) groups excluding carboxylic acids is 5. The van der Waals surface area contributed by atoms with E-state index in [1.807, 2.05) is 22.6 Å². The van der Waals surface area contributed by atoms with Crippen LogP contribution in [0.25, 0.3) is 0 Å². The van der Waals surface area contributed by atoms with Gasteiger partial charge in [0.15, 0.2) is 0 Å². The molecule has 13 nitrogen and oxygen atoms in total. The molecule has 0 unspecified atom stereocenters. The fraction of sp³-hybridized carbons (Fsp3) is 0.571. The first kappa shape index (κ1) is 26.8. The molecule has 0 aromatic rings. The van der Waals surface area contributed by atoms with Crippen molar-refractivity contribution in [2.24, 2.45) is 5.73 Å². The molecule has 0 spiro atoms. The molecule has 0 saturated heterocycles. The SMILES string of the molecule is C[C@H](NC(=O)CNCI)C(=O)N[C@H](CC(=O)O)C(=O)N[C@H](CC(N)=O)C(=O)NCl. The number of rotatable bonds is 13. The smallest absolute Gasteiger partial charge is 0.305 e. The lowest BCUT2D eigenvalue weighted by atomic mass is 10.1. The summed E-state index contributed by atoms with van der Waals surface area (Å²) in [6.45, 7) is 1.30. The van der Waals surface area contributed by atoms with Crippen molar-refractivity contribution in [1.29, 1.82) is 0 Å². The van der Waals surface area contributed by atoms with Gasteiger partial charge in [0, 0.05) is 16.3 Å². The lowest BCUT2D eigenvalue weighted by Crippen LogP contribution is -2.57. The number of hydrogen-bond acceptors (Lipinski definition) is 7. The van der Waals surface area contributed by atoms with Crippen LogP contribution < -0.4 is 31.8 Å². The zero-order chi connectivity index (χ0) is 22.6. The zero-order valence-corrected chi connectivity index (χ0v) is 18.2. The molecular formula is C14H22ClIN6O7. The minimum atomic E-state index is -1.59. The van der Waals surface area contributed by atoms with Crippen LogP contribution in [0.5, 0.6) is 0 Å². The summed E-state index contributed by atoms with van der Waals surface area (Å²) in [5.74, 6) is -5.67. The van der Waals surface area contributed by atoms with E-state index < -0.39 is 66.5 Å². The highest BCUT2D eigenvalue weighted by atomic mass is 127. The van der Waals surface area contributed by atoms with Crippen LogP contribution in [0, 0.1) is 0 Å². The summed E-state index contributed by atoms with van der Waals surface area (Å²) in [7, 11) is 0. The van der Waals surface area contributed by atoms with Gasteiger partial charge < -0.3 is 26.8 Å². The number of nitrogens with one attached hydrogen (secondary N) is 5. The largest absolute Gasteiger partial charge is 0.481 e. The summed E-state index contributed by atoms with van der Waals surface area (Å²) < 4.78 is 0.509. The van der Waals surface area contributed by atoms with Crippen molar-refractivity contribution < 1.29 is 33.9 Å². The van der Waals surface area contributed by atoms with Gasteiger partial charge in [0.2, 0.25) is 23.6 Å². The minimum absolute atomic E-state index is 0.0397. The van der Waals surface area contributed by atoms with E-state index in [1.165, 1.54) is 6.92 Å². The van der Waals surface area contributed by atoms with Gasteiger partial charge in [-0.25, -0.2) is 0 Å². The molecule has 0 bridgehead atoms. The van der Waals surface area contributed by atoms with E-state index in [-0.39, 0.29) is 6.54 Å². The number of carboxylic acid groups (broad SMARTS) is 1. The highest BCUT2D eigenvalue weighted by Crippen LogP contribution is 1.99. The number of aliphatic carboxylic acids is 1. The number of hydrogen-bond donors (Lipinski definition) is 7. The Labute approximate surface area is 184 Å². The van der Waals surface area contributed by atoms with E-state index in [0.717, 1.165) is 0 Å². The van der Waals surface area contributed by atoms with Crippen LogP contribution in [0.1, 0.15) is 19.8 Å². The van der Waals surface area contributed by atoms with Gasteiger partial charge in [-0.05, 0) is 6.92 Å². The molecule has 5 amide bonds. The molecule has 0 aliphatic carbocycles. The highest BCUT2D eigenvalue weighted by molar-refractivity contribution is 14.1. The molecule has 0 aliphatic rings. The number of nitrogens with two attached hydrogens (primary N) is 1. The Morgan fingerprint density at radius 3 is 2.00 bits per heavy atom. The lowest BCUT2D eigenvalue weighted by Gasteiger charge is -2.22. The van der Waals surface area contributed by atoms with Crippen LogP contribution in [0.3, 0.4) is 0 Å². The highest BCUT2D eigenvalue weighted by Gasteiger charge is 2.30. The van der Waals surface area contributed by atoms with Gasteiger partial charge in [0.05, 0.1) is 19.4 Å². The van der Waals surface area contributed by atoms with Gasteiger partial charge in [0.1, 0.15) is 18.1 Å². The van der Waals surface area contributed by atoms with Gasteiger partial charge in [-0.1, -0.05) is 22.6 Å². The molecule has 0 saturated carbocycles. The van der Waals surface area contributed by atoms with Crippen LogP contribution in [0.2, 0.25) is 0 Å². The maximum Gasteiger partial charge on any atom is 0.305 e. The third-order valence-corrected chi connectivity index (χ3v) is 4.02. The molecule has 0 aromatic heterocycles. The zero-order valence-electron chi connectivity index (χ0n) is 15.3. The summed E-state index contributed by atoms with van der Waals surface area (Å²) in [5, 5.41) is 18.4. The topological polar surface area (TPSA) is 209 Å². The van der Waals surface area contributed by atoms with Crippen molar-refractivity contribution >= 4 is 69.9 Å². The van der Waals surface area contributed by atoms with Gasteiger partial charge in [-0.15, -0.1) is 0 Å². The van der Waals surface area contributed by atoms with Gasteiger partial charge >= 0.3 is 5.97 Å². The molecule has 15 heteroatoms. The monoisotopic (exact) mass is 548 g/mol. The van der Waals surface area contributed by atoms with Crippen LogP contribution in [0.15, 0.2) is 0 Å². The van der Waals surface area contributed by atoms with E-state index in [4.69, 9.17) is 22.6 Å². The van der Waals surface area contributed by atoms with Gasteiger partial charge in [0.25, 0.3) is 5.91 Å². The second kappa shape index (κ2) is 13.9. The van der Waals surface area contributed by atoms with Crippen LogP contribution in [-0.2, 0) is 28.8 Å². The summed E-state index contributed by atoms with van der Waals surface area (Å²) in [6, 6.07) is -4.14. The third kappa shape index (κ3) is 11.4. The predicted octanol–water partition coefficient (Wildman–Crippen LogP) is -2.94. The first-order chi connectivity index (χ1) is 13.5. The number of halogens is 2. The molecule has 8 N–H and O–H groups in total. The summed E-state index contributed by atoms with van der Waals surface area (Å²) in [6.07, 6.45) is -1.42. The van der Waals surface area contributed by atoms with E-state index in [1.54, 1.807) is 4.84 Å².